The van der Waals surface area contributed by atoms with Gasteiger partial charge in [-0.05, 0) is 74.6 Å². The lowest BCUT2D eigenvalue weighted by Gasteiger charge is -2.36. The number of likely N-dealkylation sites (tertiary alicyclic amines) is 1. The molecule has 2 amide bonds. The van der Waals surface area contributed by atoms with Crippen LogP contribution in [0.4, 0.5) is 0 Å². The Morgan fingerprint density at radius 2 is 1.92 bits per heavy atom. The summed E-state index contributed by atoms with van der Waals surface area (Å²) in [5.74, 6) is 0.990. The fourth-order valence-corrected chi connectivity index (χ4v) is 7.40. The van der Waals surface area contributed by atoms with Crippen LogP contribution in [-0.2, 0) is 24.8 Å². The molecule has 7 rings (SSSR count). The number of aryl methyl sites for hydroxylation is 3. The van der Waals surface area contributed by atoms with Crippen molar-refractivity contribution in [1.29, 1.82) is 0 Å². The summed E-state index contributed by atoms with van der Waals surface area (Å²) in [6, 6.07) is 10.9. The van der Waals surface area contributed by atoms with Crippen LogP contribution in [0, 0.1) is 0 Å². The molecule has 0 aliphatic carbocycles. The predicted octanol–water partition coefficient (Wildman–Crippen LogP) is 5.05. The molecular formula is C36H41ClN8O4. The normalized spacial score (nSPS) is 20.3. The Hall–Kier alpha value is -4.52. The monoisotopic (exact) mass is 684 g/mol. The molecule has 2 bridgehead atoms. The van der Waals surface area contributed by atoms with Crippen LogP contribution in [0.2, 0.25) is 5.15 Å². The molecule has 256 valence electrons. The maximum absolute atomic E-state index is 13.7. The maximum Gasteiger partial charge on any atom is 0.254 e. The van der Waals surface area contributed by atoms with E-state index < -0.39 is 0 Å². The van der Waals surface area contributed by atoms with E-state index in [0.29, 0.717) is 47.1 Å². The molecule has 2 aliphatic rings. The number of ether oxygens (including phenoxy) is 2. The van der Waals surface area contributed by atoms with Gasteiger partial charge in [0.25, 0.3) is 11.8 Å². The fraction of sp³-hybridized carbons (Fsp3) is 0.417. The van der Waals surface area contributed by atoms with Gasteiger partial charge in [0.2, 0.25) is 0 Å². The predicted molar refractivity (Wildman–Crippen MR) is 188 cm³/mol. The number of hydrogen-bond donors (Lipinski definition) is 2. The smallest absolute Gasteiger partial charge is 0.254 e. The van der Waals surface area contributed by atoms with Crippen molar-refractivity contribution >= 4 is 45.5 Å². The van der Waals surface area contributed by atoms with E-state index >= 15 is 0 Å². The number of halogens is 1. The minimum Gasteiger partial charge on any atom is -0.494 e. The van der Waals surface area contributed by atoms with Crippen molar-refractivity contribution in [2.75, 3.05) is 27.3 Å². The lowest BCUT2D eigenvalue weighted by molar-refractivity contribution is 0.0227. The van der Waals surface area contributed by atoms with Gasteiger partial charge in [-0.3, -0.25) is 9.59 Å². The Morgan fingerprint density at radius 1 is 1.08 bits per heavy atom. The van der Waals surface area contributed by atoms with E-state index in [0.717, 1.165) is 71.6 Å². The Balaban J connectivity index is 1.27. The molecule has 3 N–H and O–H groups in total. The highest BCUT2D eigenvalue weighted by Crippen LogP contribution is 2.35. The number of imidazole rings is 1. The molecule has 1 aromatic carbocycles. The number of piperidine rings is 1. The Kier molecular flexibility index (Phi) is 9.03. The number of nitrogens with one attached hydrogen (secondary N) is 1. The number of nitrogens with zero attached hydrogens (tertiary/aromatic N) is 6. The van der Waals surface area contributed by atoms with Crippen molar-refractivity contribution in [3.8, 4) is 17.3 Å². The summed E-state index contributed by atoms with van der Waals surface area (Å²) in [5, 5.41) is 4.45. The fourth-order valence-electron chi connectivity index (χ4n) is 7.22. The number of pyridine rings is 2. The summed E-state index contributed by atoms with van der Waals surface area (Å²) in [5.41, 5.74) is 12.2. The Bertz CT molecular complexity index is 2070. The average Bonchev–Trinajstić information content (AvgIpc) is 3.63. The zero-order valence-electron chi connectivity index (χ0n) is 28.2. The summed E-state index contributed by atoms with van der Waals surface area (Å²) >= 11 is 6.22. The third-order valence-electron chi connectivity index (χ3n) is 9.90. The third kappa shape index (κ3) is 6.13. The highest BCUT2D eigenvalue weighted by molar-refractivity contribution is 6.29. The van der Waals surface area contributed by atoms with E-state index in [1.807, 2.05) is 36.7 Å². The maximum atomic E-state index is 13.7. The number of aromatic nitrogens is 5. The molecule has 5 aromatic rings. The molecule has 1 fully saturated rings. The van der Waals surface area contributed by atoms with Gasteiger partial charge in [0, 0.05) is 57.0 Å². The topological polar surface area (TPSA) is 142 Å². The molecule has 0 spiro atoms. The summed E-state index contributed by atoms with van der Waals surface area (Å²) < 4.78 is 15.6. The van der Waals surface area contributed by atoms with Crippen LogP contribution in [-0.4, -0.2) is 80.3 Å². The second-order valence-electron chi connectivity index (χ2n) is 13.0. The van der Waals surface area contributed by atoms with E-state index in [1.54, 1.807) is 37.4 Å². The van der Waals surface area contributed by atoms with E-state index in [9.17, 15) is 9.59 Å². The van der Waals surface area contributed by atoms with Crippen molar-refractivity contribution in [2.45, 2.75) is 63.8 Å². The number of rotatable bonds is 4. The lowest BCUT2D eigenvalue weighted by atomic mass is 10.0. The van der Waals surface area contributed by atoms with Gasteiger partial charge in [0.1, 0.15) is 22.1 Å². The first-order valence-electron chi connectivity index (χ1n) is 16.7. The molecule has 4 aromatic heterocycles. The van der Waals surface area contributed by atoms with Crippen LogP contribution in [0.1, 0.15) is 70.6 Å². The van der Waals surface area contributed by atoms with Crippen molar-refractivity contribution < 1.29 is 19.1 Å². The number of amides is 2. The number of fused-ring (bicyclic) bond motifs is 3. The van der Waals surface area contributed by atoms with Gasteiger partial charge < -0.3 is 34.6 Å². The number of carbonyl (C=O) groups is 2. The van der Waals surface area contributed by atoms with Crippen LogP contribution in [0.25, 0.3) is 33.6 Å². The van der Waals surface area contributed by atoms with Gasteiger partial charge in [-0.25, -0.2) is 15.0 Å². The van der Waals surface area contributed by atoms with Crippen LogP contribution in [0.15, 0.2) is 42.6 Å². The number of methoxy groups -OCH3 is 2. The van der Waals surface area contributed by atoms with Gasteiger partial charge in [-0.15, -0.1) is 0 Å². The van der Waals surface area contributed by atoms with Gasteiger partial charge in [0.15, 0.2) is 5.82 Å². The highest BCUT2D eigenvalue weighted by Gasteiger charge is 2.31. The SMILES string of the molecule is COc1cc(C(=O)N2CC[C@@H](OC)[C@@H](N)C2)cc2nc(-c3cc4ccc5nc4n3CCCCCc3cc(Cl)ncc3C(=O)N[C@@H]5C)n(C)c12. The van der Waals surface area contributed by atoms with Gasteiger partial charge >= 0.3 is 0 Å². The zero-order valence-corrected chi connectivity index (χ0v) is 29.0. The minimum absolute atomic E-state index is 0.0659. The quantitative estimate of drug-likeness (QED) is 0.251. The summed E-state index contributed by atoms with van der Waals surface area (Å²) in [6.45, 7) is 3.63. The van der Waals surface area contributed by atoms with Crippen molar-refractivity contribution in [3.05, 3.63) is 70.1 Å². The molecule has 6 heterocycles. The Labute approximate surface area is 289 Å². The van der Waals surface area contributed by atoms with Crippen molar-refractivity contribution in [1.82, 2.24) is 34.3 Å². The molecule has 0 saturated carbocycles. The van der Waals surface area contributed by atoms with Crippen LogP contribution >= 0.6 is 11.6 Å². The number of hydrogen-bond acceptors (Lipinski definition) is 8. The second-order valence-corrected chi connectivity index (χ2v) is 13.4. The molecule has 3 atom stereocenters. The van der Waals surface area contributed by atoms with E-state index in [4.69, 9.17) is 36.8 Å². The average molecular weight is 685 g/mol. The summed E-state index contributed by atoms with van der Waals surface area (Å²) in [4.78, 5) is 43.2. The summed E-state index contributed by atoms with van der Waals surface area (Å²) in [7, 11) is 5.22. The van der Waals surface area contributed by atoms with Gasteiger partial charge in [-0.2, -0.15) is 0 Å². The minimum atomic E-state index is -0.346. The first-order valence-corrected chi connectivity index (χ1v) is 17.1. The molecule has 49 heavy (non-hydrogen) atoms. The molecule has 2 aliphatic heterocycles. The second kappa shape index (κ2) is 13.4. The zero-order chi connectivity index (χ0) is 34.4. The van der Waals surface area contributed by atoms with Crippen molar-refractivity contribution in [2.24, 2.45) is 12.8 Å². The lowest BCUT2D eigenvalue weighted by Crippen LogP contribution is -2.53. The molecule has 0 unspecified atom stereocenters. The number of benzene rings is 1. The standard InChI is InChI=1S/C36H41ClN8O4/c1-20-26-10-9-22-15-28(45(33(22)41-26)12-7-5-6-8-21-17-31(37)39-18-24(21)35(46)40-20)34-42-27-14-23(16-30(49-4)32(27)43(34)2)36(47)44-13-11-29(48-3)25(38)19-44/h9-10,14-18,20,25,29H,5-8,11-13,19,38H2,1-4H3,(H,40,46)/t20-,25+,29-/m1/s1. The molecule has 1 saturated heterocycles. The third-order valence-corrected chi connectivity index (χ3v) is 10.1. The van der Waals surface area contributed by atoms with E-state index in [1.165, 1.54) is 0 Å². The highest BCUT2D eigenvalue weighted by atomic mass is 35.5. The van der Waals surface area contributed by atoms with Crippen LogP contribution in [0.5, 0.6) is 5.75 Å². The van der Waals surface area contributed by atoms with E-state index in [2.05, 4.69) is 20.9 Å². The molecule has 0 radical (unpaired) electrons. The van der Waals surface area contributed by atoms with Crippen molar-refractivity contribution in [3.63, 3.8) is 0 Å². The summed E-state index contributed by atoms with van der Waals surface area (Å²) in [6.07, 6.45) is 5.61. The van der Waals surface area contributed by atoms with Crippen LogP contribution < -0.4 is 15.8 Å². The number of carbonyl (C=O) groups excluding carboxylic acids is 2. The Morgan fingerprint density at radius 3 is 2.69 bits per heavy atom. The van der Waals surface area contributed by atoms with Gasteiger partial charge in [0.05, 0.1) is 41.7 Å². The first-order chi connectivity index (χ1) is 23.7. The van der Waals surface area contributed by atoms with Crippen LogP contribution in [0.3, 0.4) is 0 Å². The largest absolute Gasteiger partial charge is 0.494 e. The molecule has 13 heteroatoms. The first kappa shape index (κ1) is 33.0. The van der Waals surface area contributed by atoms with E-state index in [-0.39, 0.29) is 30.0 Å². The molecular weight excluding hydrogens is 644 g/mol. The van der Waals surface area contributed by atoms with Gasteiger partial charge in [-0.1, -0.05) is 18.0 Å². The number of nitrogens with two attached hydrogens (primary N) is 1. The molecule has 12 nitrogen and oxygen atoms in total.